The lowest BCUT2D eigenvalue weighted by molar-refractivity contribution is 0.199. The van der Waals surface area contributed by atoms with E-state index in [4.69, 9.17) is 5.73 Å². The van der Waals surface area contributed by atoms with Crippen molar-refractivity contribution in [3.8, 4) is 0 Å². The monoisotopic (exact) mass is 325 g/mol. The molecule has 0 spiro atoms. The molecule has 0 aliphatic carbocycles. The van der Waals surface area contributed by atoms with Gasteiger partial charge >= 0.3 is 0 Å². The molecule has 1 heterocycles. The molecule has 19 heavy (non-hydrogen) atoms. The zero-order valence-corrected chi connectivity index (χ0v) is 13.5. The van der Waals surface area contributed by atoms with Crippen molar-refractivity contribution in [2.45, 2.75) is 26.3 Å². The SMILES string of the molecule is CCN1CCN(c2ccc(CCN)c(Br)c2)CC1C. The van der Waals surface area contributed by atoms with Gasteiger partial charge in [-0.1, -0.05) is 28.9 Å². The topological polar surface area (TPSA) is 32.5 Å². The summed E-state index contributed by atoms with van der Waals surface area (Å²) in [4.78, 5) is 5.02. The highest BCUT2D eigenvalue weighted by Gasteiger charge is 2.22. The number of halogens is 1. The van der Waals surface area contributed by atoms with Crippen molar-refractivity contribution in [1.29, 1.82) is 0 Å². The quantitative estimate of drug-likeness (QED) is 0.923. The van der Waals surface area contributed by atoms with E-state index >= 15 is 0 Å². The van der Waals surface area contributed by atoms with Crippen LogP contribution in [0.3, 0.4) is 0 Å². The maximum absolute atomic E-state index is 5.62. The van der Waals surface area contributed by atoms with E-state index in [1.807, 2.05) is 0 Å². The summed E-state index contributed by atoms with van der Waals surface area (Å²) in [5, 5.41) is 0. The number of nitrogens with zero attached hydrogens (tertiary/aromatic N) is 2. The van der Waals surface area contributed by atoms with E-state index in [1.54, 1.807) is 0 Å². The first-order valence-corrected chi connectivity index (χ1v) is 7.92. The van der Waals surface area contributed by atoms with Crippen LogP contribution in [0.1, 0.15) is 19.4 Å². The van der Waals surface area contributed by atoms with Crippen molar-refractivity contribution in [3.05, 3.63) is 28.2 Å². The first-order valence-electron chi connectivity index (χ1n) is 7.13. The van der Waals surface area contributed by atoms with Gasteiger partial charge in [-0.05, 0) is 44.1 Å². The first-order chi connectivity index (χ1) is 9.15. The van der Waals surface area contributed by atoms with E-state index in [-0.39, 0.29) is 0 Å². The van der Waals surface area contributed by atoms with Crippen molar-refractivity contribution in [2.75, 3.05) is 37.6 Å². The summed E-state index contributed by atoms with van der Waals surface area (Å²) in [7, 11) is 0. The lowest BCUT2D eigenvalue weighted by Crippen LogP contribution is -2.51. The van der Waals surface area contributed by atoms with Gasteiger partial charge in [-0.3, -0.25) is 4.90 Å². The maximum atomic E-state index is 5.62. The van der Waals surface area contributed by atoms with Crippen LogP contribution in [0.4, 0.5) is 5.69 Å². The summed E-state index contributed by atoms with van der Waals surface area (Å²) < 4.78 is 1.18. The largest absolute Gasteiger partial charge is 0.369 e. The van der Waals surface area contributed by atoms with Crippen LogP contribution in [0.15, 0.2) is 22.7 Å². The first kappa shape index (κ1) is 14.8. The molecule has 1 saturated heterocycles. The van der Waals surface area contributed by atoms with Gasteiger partial charge in [0.25, 0.3) is 0 Å². The minimum atomic E-state index is 0.626. The Labute approximate surface area is 124 Å². The number of piperazine rings is 1. The van der Waals surface area contributed by atoms with Crippen LogP contribution in [0.2, 0.25) is 0 Å². The molecule has 4 heteroatoms. The van der Waals surface area contributed by atoms with Gasteiger partial charge in [0, 0.05) is 35.8 Å². The fourth-order valence-electron chi connectivity index (χ4n) is 2.79. The Balaban J connectivity index is 2.08. The smallest absolute Gasteiger partial charge is 0.0378 e. The maximum Gasteiger partial charge on any atom is 0.0378 e. The Morgan fingerprint density at radius 2 is 2.16 bits per heavy atom. The van der Waals surface area contributed by atoms with Crippen LogP contribution in [-0.4, -0.2) is 43.7 Å². The molecule has 3 nitrogen and oxygen atoms in total. The van der Waals surface area contributed by atoms with E-state index < -0.39 is 0 Å². The number of hydrogen-bond donors (Lipinski definition) is 1. The normalized spacial score (nSPS) is 20.8. The van der Waals surface area contributed by atoms with Crippen LogP contribution < -0.4 is 10.6 Å². The lowest BCUT2D eigenvalue weighted by Gasteiger charge is -2.40. The molecular weight excluding hydrogens is 302 g/mol. The number of likely N-dealkylation sites (N-methyl/N-ethyl adjacent to an activating group) is 1. The van der Waals surface area contributed by atoms with Gasteiger partial charge in [0.1, 0.15) is 0 Å². The third kappa shape index (κ3) is 3.50. The minimum absolute atomic E-state index is 0.626. The molecule has 1 aliphatic heterocycles. The Morgan fingerprint density at radius 1 is 1.37 bits per heavy atom. The molecule has 0 aromatic heterocycles. The summed E-state index contributed by atoms with van der Waals surface area (Å²) >= 11 is 3.66. The molecule has 1 atom stereocenters. The Kier molecular flexibility index (Phi) is 5.25. The summed E-state index contributed by atoms with van der Waals surface area (Å²) in [5.41, 5.74) is 8.24. The summed E-state index contributed by atoms with van der Waals surface area (Å²) in [6.07, 6.45) is 0.931. The molecule has 0 saturated carbocycles. The summed E-state index contributed by atoms with van der Waals surface area (Å²) in [6.45, 7) is 9.77. The Hall–Kier alpha value is -0.580. The van der Waals surface area contributed by atoms with Crippen molar-refractivity contribution in [1.82, 2.24) is 4.90 Å². The van der Waals surface area contributed by atoms with E-state index in [9.17, 15) is 0 Å². The molecule has 1 aromatic rings. The standard InChI is InChI=1S/C15H24BrN3/c1-3-18-8-9-19(11-12(18)2)14-5-4-13(6-7-17)15(16)10-14/h4-5,10,12H,3,6-9,11,17H2,1-2H3. The second kappa shape index (κ2) is 6.73. The van der Waals surface area contributed by atoms with Crippen LogP contribution in [0.5, 0.6) is 0 Å². The van der Waals surface area contributed by atoms with Crippen LogP contribution >= 0.6 is 15.9 Å². The highest BCUT2D eigenvalue weighted by Crippen LogP contribution is 2.26. The van der Waals surface area contributed by atoms with E-state index in [2.05, 4.69) is 57.8 Å². The molecule has 1 aromatic carbocycles. The van der Waals surface area contributed by atoms with Crippen LogP contribution in [-0.2, 0) is 6.42 Å². The third-order valence-electron chi connectivity index (χ3n) is 3.99. The molecular formula is C15H24BrN3. The predicted octanol–water partition coefficient (Wildman–Crippen LogP) is 2.48. The molecule has 0 amide bonds. The second-order valence-electron chi connectivity index (χ2n) is 5.24. The molecule has 2 rings (SSSR count). The highest BCUT2D eigenvalue weighted by molar-refractivity contribution is 9.10. The molecule has 0 radical (unpaired) electrons. The molecule has 1 unspecified atom stereocenters. The van der Waals surface area contributed by atoms with Crippen LogP contribution in [0, 0.1) is 0 Å². The molecule has 0 bridgehead atoms. The molecule has 1 aliphatic rings. The van der Waals surface area contributed by atoms with Gasteiger partial charge in [0.2, 0.25) is 0 Å². The summed E-state index contributed by atoms with van der Waals surface area (Å²) in [6, 6.07) is 7.29. The van der Waals surface area contributed by atoms with Crippen LogP contribution in [0.25, 0.3) is 0 Å². The number of nitrogens with two attached hydrogens (primary N) is 1. The fourth-order valence-corrected chi connectivity index (χ4v) is 3.36. The van der Waals surface area contributed by atoms with E-state index in [0.717, 1.165) is 32.6 Å². The molecule has 2 N–H and O–H groups in total. The van der Waals surface area contributed by atoms with E-state index in [1.165, 1.54) is 15.7 Å². The zero-order valence-electron chi connectivity index (χ0n) is 11.9. The minimum Gasteiger partial charge on any atom is -0.369 e. The average Bonchev–Trinajstić information content (AvgIpc) is 2.41. The van der Waals surface area contributed by atoms with Crippen molar-refractivity contribution >= 4 is 21.6 Å². The molecule has 106 valence electrons. The number of anilines is 1. The zero-order chi connectivity index (χ0) is 13.8. The molecule has 1 fully saturated rings. The second-order valence-corrected chi connectivity index (χ2v) is 6.09. The average molecular weight is 326 g/mol. The van der Waals surface area contributed by atoms with Gasteiger partial charge in [0.05, 0.1) is 0 Å². The summed E-state index contributed by atoms with van der Waals surface area (Å²) in [5.74, 6) is 0. The lowest BCUT2D eigenvalue weighted by atomic mass is 10.1. The van der Waals surface area contributed by atoms with Gasteiger partial charge in [-0.15, -0.1) is 0 Å². The van der Waals surface area contributed by atoms with Gasteiger partial charge in [-0.25, -0.2) is 0 Å². The van der Waals surface area contributed by atoms with Gasteiger partial charge in [0.15, 0.2) is 0 Å². The van der Waals surface area contributed by atoms with Crippen molar-refractivity contribution in [2.24, 2.45) is 5.73 Å². The van der Waals surface area contributed by atoms with Crippen molar-refractivity contribution in [3.63, 3.8) is 0 Å². The number of benzene rings is 1. The predicted molar refractivity (Wildman–Crippen MR) is 85.8 cm³/mol. The number of rotatable bonds is 4. The van der Waals surface area contributed by atoms with Gasteiger partial charge < -0.3 is 10.6 Å². The van der Waals surface area contributed by atoms with Crippen molar-refractivity contribution < 1.29 is 0 Å². The van der Waals surface area contributed by atoms with Gasteiger partial charge in [-0.2, -0.15) is 0 Å². The Bertz CT molecular complexity index is 422. The highest BCUT2D eigenvalue weighted by atomic mass is 79.9. The van der Waals surface area contributed by atoms with E-state index in [0.29, 0.717) is 12.6 Å². The fraction of sp³-hybridized carbons (Fsp3) is 0.600. The Morgan fingerprint density at radius 3 is 2.74 bits per heavy atom. The third-order valence-corrected chi connectivity index (χ3v) is 4.72. The number of hydrogen-bond acceptors (Lipinski definition) is 3.